The number of halogens is 1. The predicted octanol–water partition coefficient (Wildman–Crippen LogP) is 1.22. The van der Waals surface area contributed by atoms with E-state index >= 15 is 0 Å². The van der Waals surface area contributed by atoms with Gasteiger partial charge in [-0.25, -0.2) is 9.37 Å². The molecule has 3 rings (SSSR count). The highest BCUT2D eigenvalue weighted by molar-refractivity contribution is 5.85. The van der Waals surface area contributed by atoms with Gasteiger partial charge in [-0.2, -0.15) is 0 Å². The second-order valence-electron chi connectivity index (χ2n) is 6.67. The first kappa shape index (κ1) is 19.0. The third kappa shape index (κ3) is 4.91. The van der Waals surface area contributed by atoms with Gasteiger partial charge < -0.3 is 19.5 Å². The number of amides is 2. The molecule has 2 heterocycles. The molecule has 1 saturated heterocycles. The van der Waals surface area contributed by atoms with Crippen LogP contribution in [0.5, 0.6) is 0 Å². The normalized spacial score (nSPS) is 15.0. The zero-order chi connectivity index (χ0) is 19.4. The number of piperazine rings is 1. The molecular formula is C19H23FN4O3. The van der Waals surface area contributed by atoms with Gasteiger partial charge in [0.2, 0.25) is 17.7 Å². The van der Waals surface area contributed by atoms with Gasteiger partial charge in [-0.05, 0) is 38.2 Å². The lowest BCUT2D eigenvalue weighted by atomic mass is 10.2. The molecule has 144 valence electrons. The van der Waals surface area contributed by atoms with Crippen molar-refractivity contribution in [2.75, 3.05) is 39.8 Å². The van der Waals surface area contributed by atoms with E-state index in [9.17, 15) is 14.0 Å². The molecule has 2 aromatic rings. The van der Waals surface area contributed by atoms with E-state index in [4.69, 9.17) is 4.42 Å². The molecule has 8 heteroatoms. The highest BCUT2D eigenvalue weighted by Gasteiger charge is 2.20. The quantitative estimate of drug-likeness (QED) is 0.852. The molecule has 0 saturated carbocycles. The van der Waals surface area contributed by atoms with Gasteiger partial charge in [-0.1, -0.05) is 0 Å². The second kappa shape index (κ2) is 8.30. The number of benzene rings is 1. The van der Waals surface area contributed by atoms with E-state index in [0.717, 1.165) is 13.1 Å². The van der Waals surface area contributed by atoms with Crippen LogP contribution in [0.2, 0.25) is 0 Å². The molecule has 0 atom stereocenters. The second-order valence-corrected chi connectivity index (χ2v) is 6.67. The van der Waals surface area contributed by atoms with Crippen molar-refractivity contribution < 1.29 is 18.4 Å². The fourth-order valence-electron chi connectivity index (χ4n) is 2.86. The van der Waals surface area contributed by atoms with E-state index in [1.807, 2.05) is 7.05 Å². The van der Waals surface area contributed by atoms with Crippen LogP contribution in [0.15, 0.2) is 28.7 Å². The van der Waals surface area contributed by atoms with Gasteiger partial charge in [-0.15, -0.1) is 0 Å². The number of oxazole rings is 1. The summed E-state index contributed by atoms with van der Waals surface area (Å²) in [4.78, 5) is 32.6. The summed E-state index contributed by atoms with van der Waals surface area (Å²) in [5.74, 6) is 0.144. The Bertz CT molecular complexity index is 811. The van der Waals surface area contributed by atoms with E-state index in [0.29, 0.717) is 36.0 Å². The minimum atomic E-state index is -0.341. The van der Waals surface area contributed by atoms with Gasteiger partial charge in [0.1, 0.15) is 11.6 Å². The lowest BCUT2D eigenvalue weighted by molar-refractivity contribution is -0.134. The maximum Gasteiger partial charge on any atom is 0.242 e. The number of carbonyl (C=O) groups is 2. The molecule has 2 amide bonds. The van der Waals surface area contributed by atoms with E-state index in [2.05, 4.69) is 15.2 Å². The highest BCUT2D eigenvalue weighted by Crippen LogP contribution is 2.22. The molecule has 27 heavy (non-hydrogen) atoms. The van der Waals surface area contributed by atoms with Crippen molar-refractivity contribution in [3.8, 4) is 11.5 Å². The third-order valence-electron chi connectivity index (χ3n) is 4.60. The van der Waals surface area contributed by atoms with Crippen LogP contribution < -0.4 is 5.32 Å². The van der Waals surface area contributed by atoms with Crippen LogP contribution in [-0.4, -0.2) is 66.4 Å². The van der Waals surface area contributed by atoms with Crippen LogP contribution in [0, 0.1) is 12.7 Å². The molecule has 1 N–H and O–H groups in total. The number of nitrogens with zero attached hydrogens (tertiary/aromatic N) is 3. The Labute approximate surface area is 157 Å². The van der Waals surface area contributed by atoms with Crippen molar-refractivity contribution in [3.05, 3.63) is 41.5 Å². The highest BCUT2D eigenvalue weighted by atomic mass is 19.1. The Hall–Kier alpha value is -2.74. The van der Waals surface area contributed by atoms with Gasteiger partial charge in [0.15, 0.2) is 0 Å². The Morgan fingerprint density at radius 2 is 1.85 bits per heavy atom. The fourth-order valence-corrected chi connectivity index (χ4v) is 2.86. The molecule has 1 aliphatic heterocycles. The average molecular weight is 374 g/mol. The Kier molecular flexibility index (Phi) is 5.85. The minimum Gasteiger partial charge on any atom is -0.441 e. The van der Waals surface area contributed by atoms with E-state index in [1.54, 1.807) is 24.0 Å². The van der Waals surface area contributed by atoms with Crippen molar-refractivity contribution in [1.29, 1.82) is 0 Å². The van der Waals surface area contributed by atoms with Crippen LogP contribution in [0.3, 0.4) is 0 Å². The molecule has 1 aliphatic rings. The van der Waals surface area contributed by atoms with Crippen molar-refractivity contribution >= 4 is 11.8 Å². The number of hydrogen-bond donors (Lipinski definition) is 1. The van der Waals surface area contributed by atoms with Crippen LogP contribution >= 0.6 is 0 Å². The third-order valence-corrected chi connectivity index (χ3v) is 4.60. The number of likely N-dealkylation sites (N-methyl/N-ethyl adjacent to an activating group) is 1. The summed E-state index contributed by atoms with van der Waals surface area (Å²) in [7, 11) is 2.02. The van der Waals surface area contributed by atoms with Crippen LogP contribution in [0.4, 0.5) is 4.39 Å². The average Bonchev–Trinajstić information content (AvgIpc) is 3.01. The number of hydrogen-bond acceptors (Lipinski definition) is 5. The fraction of sp³-hybridized carbons (Fsp3) is 0.421. The van der Waals surface area contributed by atoms with Crippen LogP contribution in [-0.2, 0) is 16.0 Å². The maximum atomic E-state index is 13.0. The predicted molar refractivity (Wildman–Crippen MR) is 97.4 cm³/mol. The molecule has 0 unspecified atom stereocenters. The largest absolute Gasteiger partial charge is 0.441 e. The summed E-state index contributed by atoms with van der Waals surface area (Å²) < 4.78 is 18.6. The molecular weight excluding hydrogens is 351 g/mol. The first-order valence-corrected chi connectivity index (χ1v) is 8.87. The number of carbonyl (C=O) groups excluding carboxylic acids is 2. The van der Waals surface area contributed by atoms with Gasteiger partial charge in [0.25, 0.3) is 0 Å². The number of aromatic nitrogens is 1. The topological polar surface area (TPSA) is 78.7 Å². The zero-order valence-electron chi connectivity index (χ0n) is 15.5. The molecule has 1 fully saturated rings. The van der Waals surface area contributed by atoms with Crippen LogP contribution in [0.1, 0.15) is 11.5 Å². The number of nitrogens with one attached hydrogen (secondary N) is 1. The standard InChI is InChI=1S/C19H23FN4O3/c1-13-16(22-19(27-13)14-3-5-15(20)6-4-14)11-17(25)21-12-18(26)24-9-7-23(2)8-10-24/h3-6H,7-12H2,1-2H3,(H,21,25). The maximum absolute atomic E-state index is 13.0. The summed E-state index contributed by atoms with van der Waals surface area (Å²) in [6.45, 7) is 4.72. The van der Waals surface area contributed by atoms with Crippen molar-refractivity contribution in [3.63, 3.8) is 0 Å². The zero-order valence-corrected chi connectivity index (χ0v) is 15.5. The van der Waals surface area contributed by atoms with Gasteiger partial charge in [-0.3, -0.25) is 9.59 Å². The minimum absolute atomic E-state index is 0.0204. The van der Waals surface area contributed by atoms with Gasteiger partial charge >= 0.3 is 0 Å². The van der Waals surface area contributed by atoms with Gasteiger partial charge in [0, 0.05) is 31.7 Å². The first-order chi connectivity index (χ1) is 12.9. The Morgan fingerprint density at radius 1 is 1.19 bits per heavy atom. The first-order valence-electron chi connectivity index (χ1n) is 8.87. The summed E-state index contributed by atoms with van der Waals surface area (Å²) >= 11 is 0. The molecule has 0 radical (unpaired) electrons. The summed E-state index contributed by atoms with van der Waals surface area (Å²) in [5, 5.41) is 2.65. The Morgan fingerprint density at radius 3 is 2.52 bits per heavy atom. The van der Waals surface area contributed by atoms with E-state index < -0.39 is 0 Å². The van der Waals surface area contributed by atoms with Crippen molar-refractivity contribution in [1.82, 2.24) is 20.1 Å². The number of rotatable bonds is 5. The molecule has 1 aromatic carbocycles. The molecule has 0 spiro atoms. The summed E-state index contributed by atoms with van der Waals surface area (Å²) in [6, 6.07) is 5.79. The van der Waals surface area contributed by atoms with Gasteiger partial charge in [0.05, 0.1) is 18.7 Å². The van der Waals surface area contributed by atoms with E-state index in [-0.39, 0.29) is 30.6 Å². The van der Waals surface area contributed by atoms with Crippen LogP contribution in [0.25, 0.3) is 11.5 Å². The molecule has 0 bridgehead atoms. The number of aryl methyl sites for hydroxylation is 1. The molecule has 7 nitrogen and oxygen atoms in total. The summed E-state index contributed by atoms with van der Waals surface area (Å²) in [5.41, 5.74) is 1.13. The lowest BCUT2D eigenvalue weighted by Crippen LogP contribution is -2.50. The Balaban J connectivity index is 1.53. The molecule has 1 aromatic heterocycles. The molecule has 0 aliphatic carbocycles. The smallest absolute Gasteiger partial charge is 0.242 e. The lowest BCUT2D eigenvalue weighted by Gasteiger charge is -2.32. The monoisotopic (exact) mass is 374 g/mol. The van der Waals surface area contributed by atoms with Crippen molar-refractivity contribution in [2.45, 2.75) is 13.3 Å². The van der Waals surface area contributed by atoms with Crippen molar-refractivity contribution in [2.24, 2.45) is 0 Å². The van der Waals surface area contributed by atoms with E-state index in [1.165, 1.54) is 12.1 Å². The summed E-state index contributed by atoms with van der Waals surface area (Å²) in [6.07, 6.45) is 0.0204. The SMILES string of the molecule is Cc1oc(-c2ccc(F)cc2)nc1CC(=O)NCC(=O)N1CCN(C)CC1.